The Morgan fingerprint density at radius 1 is 1.15 bits per heavy atom. The first-order valence-corrected chi connectivity index (χ1v) is 13.3. The summed E-state index contributed by atoms with van der Waals surface area (Å²) in [5.74, 6) is 1.55. The van der Waals surface area contributed by atoms with Crippen LogP contribution in [0.2, 0.25) is 19.6 Å². The highest BCUT2D eigenvalue weighted by molar-refractivity contribution is 6.70. The van der Waals surface area contributed by atoms with Crippen molar-refractivity contribution in [2.24, 2.45) is 5.92 Å². The molecule has 0 radical (unpaired) electrons. The van der Waals surface area contributed by atoms with Gasteiger partial charge in [-0.25, -0.2) is 0 Å². The van der Waals surface area contributed by atoms with Gasteiger partial charge in [0.1, 0.15) is 0 Å². The second-order valence-corrected chi connectivity index (χ2v) is 12.8. The Bertz CT molecular complexity index is 543. The van der Waals surface area contributed by atoms with Gasteiger partial charge in [0.25, 0.3) is 0 Å². The maximum Gasteiger partial charge on any atom is 0.241 e. The molecule has 0 saturated carbocycles. The Labute approximate surface area is 162 Å². The molecule has 146 valence electrons. The molecule has 0 fully saturated rings. The molecule has 0 aromatic heterocycles. The molecule has 0 aliphatic heterocycles. The van der Waals surface area contributed by atoms with Crippen LogP contribution in [0, 0.1) is 5.92 Å². The lowest BCUT2D eigenvalue weighted by Crippen LogP contribution is -2.24. The van der Waals surface area contributed by atoms with Crippen molar-refractivity contribution in [2.75, 3.05) is 6.61 Å². The summed E-state index contributed by atoms with van der Waals surface area (Å²) in [5.41, 5.74) is 2.72. The van der Waals surface area contributed by atoms with E-state index in [1.54, 1.807) is 0 Å². The summed E-state index contributed by atoms with van der Waals surface area (Å²) in [5, 5.41) is 0. The molecule has 0 aliphatic carbocycles. The Morgan fingerprint density at radius 3 is 2.50 bits per heavy atom. The molecule has 3 heteroatoms. The highest BCUT2D eigenvalue weighted by Crippen LogP contribution is 2.17. The summed E-state index contributed by atoms with van der Waals surface area (Å²) in [6, 6.07) is 10.4. The second kappa shape index (κ2) is 12.1. The van der Waals surface area contributed by atoms with Crippen molar-refractivity contribution in [3.63, 3.8) is 0 Å². The van der Waals surface area contributed by atoms with Crippen LogP contribution in [0.15, 0.2) is 54.3 Å². The lowest BCUT2D eigenvalue weighted by Gasteiger charge is -2.20. The van der Waals surface area contributed by atoms with Gasteiger partial charge in [-0.05, 0) is 63.7 Å². The smallest absolute Gasteiger partial charge is 0.241 e. The first-order valence-electron chi connectivity index (χ1n) is 9.90. The molecule has 1 aromatic rings. The van der Waals surface area contributed by atoms with Crippen LogP contribution in [0.5, 0.6) is 0 Å². The third-order valence-electron chi connectivity index (χ3n) is 4.15. The van der Waals surface area contributed by atoms with E-state index in [-0.39, 0.29) is 0 Å². The summed E-state index contributed by atoms with van der Waals surface area (Å²) in [6.07, 6.45) is 7.92. The van der Waals surface area contributed by atoms with Gasteiger partial charge in [-0.1, -0.05) is 55.5 Å². The van der Waals surface area contributed by atoms with E-state index in [9.17, 15) is 0 Å². The Balaban J connectivity index is 2.10. The van der Waals surface area contributed by atoms with E-state index in [1.165, 1.54) is 30.4 Å². The minimum Gasteiger partial charge on any atom is -0.548 e. The number of benzene rings is 1. The summed E-state index contributed by atoms with van der Waals surface area (Å²) in [4.78, 5) is 0. The van der Waals surface area contributed by atoms with Crippen molar-refractivity contribution in [3.05, 3.63) is 59.9 Å². The van der Waals surface area contributed by atoms with Gasteiger partial charge < -0.3 is 9.16 Å². The van der Waals surface area contributed by atoms with Gasteiger partial charge in [-0.2, -0.15) is 0 Å². The zero-order valence-corrected chi connectivity index (χ0v) is 18.5. The van der Waals surface area contributed by atoms with Crippen LogP contribution in [0.4, 0.5) is 0 Å². The zero-order chi connectivity index (χ0) is 19.4. The summed E-state index contributed by atoms with van der Waals surface area (Å²) in [6.45, 7) is 16.7. The number of hydrogen-bond acceptors (Lipinski definition) is 2. The number of hydrogen-bond donors (Lipinski definition) is 0. The van der Waals surface area contributed by atoms with Gasteiger partial charge in [-0.15, -0.1) is 0 Å². The minimum atomic E-state index is -1.50. The minimum absolute atomic E-state index is 0.608. The van der Waals surface area contributed by atoms with E-state index < -0.39 is 8.32 Å². The molecule has 1 rings (SSSR count). The predicted octanol–water partition coefficient (Wildman–Crippen LogP) is 7.10. The number of ether oxygens (including phenoxy) is 1. The monoisotopic (exact) mass is 374 g/mol. The molecule has 0 amide bonds. The Hall–Kier alpha value is -1.32. The van der Waals surface area contributed by atoms with Crippen molar-refractivity contribution in [1.82, 2.24) is 0 Å². The number of allylic oxidation sites excluding steroid dienone is 3. The van der Waals surface area contributed by atoms with E-state index in [0.717, 1.165) is 25.2 Å². The highest BCUT2D eigenvalue weighted by atomic mass is 28.4. The van der Waals surface area contributed by atoms with Crippen molar-refractivity contribution < 1.29 is 9.16 Å². The van der Waals surface area contributed by atoms with Gasteiger partial charge in [0.15, 0.2) is 0 Å². The maximum absolute atomic E-state index is 5.90. The van der Waals surface area contributed by atoms with Crippen molar-refractivity contribution in [2.45, 2.75) is 72.2 Å². The van der Waals surface area contributed by atoms with Crippen LogP contribution in [0.25, 0.3) is 0 Å². The molecular formula is C23H38O2Si. The topological polar surface area (TPSA) is 18.5 Å². The van der Waals surface area contributed by atoms with E-state index in [4.69, 9.17) is 9.16 Å². The Kier molecular flexibility index (Phi) is 10.6. The molecule has 0 N–H and O–H groups in total. The van der Waals surface area contributed by atoms with E-state index in [2.05, 4.69) is 70.4 Å². The Morgan fingerprint density at radius 2 is 1.85 bits per heavy atom. The van der Waals surface area contributed by atoms with Crippen LogP contribution >= 0.6 is 0 Å². The SMILES string of the molecule is C=C(CC/C=C(\C)CCCC(C)COCc1ccccc1)O[Si](C)(C)C. The molecule has 0 aliphatic rings. The molecule has 1 aromatic carbocycles. The normalized spacial score (nSPS) is 13.5. The van der Waals surface area contributed by atoms with E-state index in [0.29, 0.717) is 12.5 Å². The van der Waals surface area contributed by atoms with Crippen molar-refractivity contribution >= 4 is 8.32 Å². The first kappa shape index (κ1) is 22.7. The third-order valence-corrected chi connectivity index (χ3v) is 5.05. The highest BCUT2D eigenvalue weighted by Gasteiger charge is 2.16. The molecular weight excluding hydrogens is 336 g/mol. The molecule has 0 heterocycles. The zero-order valence-electron chi connectivity index (χ0n) is 17.5. The van der Waals surface area contributed by atoms with Crippen LogP contribution in [-0.2, 0) is 15.8 Å². The summed E-state index contributed by atoms with van der Waals surface area (Å²) < 4.78 is 11.7. The van der Waals surface area contributed by atoms with Crippen LogP contribution in [0.3, 0.4) is 0 Å². The van der Waals surface area contributed by atoms with Gasteiger partial charge in [0, 0.05) is 13.0 Å². The van der Waals surface area contributed by atoms with Gasteiger partial charge in [0.2, 0.25) is 8.32 Å². The third kappa shape index (κ3) is 12.1. The largest absolute Gasteiger partial charge is 0.548 e. The summed E-state index contributed by atoms with van der Waals surface area (Å²) in [7, 11) is -1.50. The van der Waals surface area contributed by atoms with Gasteiger partial charge in [-0.3, -0.25) is 0 Å². The number of rotatable bonds is 13. The van der Waals surface area contributed by atoms with Gasteiger partial charge >= 0.3 is 0 Å². The fraction of sp³-hybridized carbons (Fsp3) is 0.565. The van der Waals surface area contributed by atoms with Crippen molar-refractivity contribution in [3.8, 4) is 0 Å². The lowest BCUT2D eigenvalue weighted by molar-refractivity contribution is 0.0889. The van der Waals surface area contributed by atoms with E-state index >= 15 is 0 Å². The van der Waals surface area contributed by atoms with Crippen LogP contribution in [-0.4, -0.2) is 14.9 Å². The quantitative estimate of drug-likeness (QED) is 0.208. The van der Waals surface area contributed by atoms with Gasteiger partial charge in [0.05, 0.1) is 12.4 Å². The molecule has 26 heavy (non-hydrogen) atoms. The maximum atomic E-state index is 5.90. The fourth-order valence-electron chi connectivity index (χ4n) is 2.83. The average Bonchev–Trinajstić information content (AvgIpc) is 2.54. The first-order chi connectivity index (χ1) is 12.3. The van der Waals surface area contributed by atoms with Crippen LogP contribution in [0.1, 0.15) is 51.5 Å². The lowest BCUT2D eigenvalue weighted by atomic mass is 10.0. The summed E-state index contributed by atoms with van der Waals surface area (Å²) >= 11 is 0. The molecule has 0 bridgehead atoms. The molecule has 1 atom stereocenters. The molecule has 0 spiro atoms. The molecule has 2 nitrogen and oxygen atoms in total. The standard InChI is InChI=1S/C23H38O2Si/c1-20(13-11-15-22(3)25-26(4,5)6)12-10-14-21(2)18-24-19-23-16-8-7-9-17-23/h7-9,13,16-17,21H,3,10-12,14-15,18-19H2,1-2,4-6H3/b20-13+. The second-order valence-electron chi connectivity index (χ2n) is 8.34. The molecule has 0 saturated heterocycles. The average molecular weight is 375 g/mol. The van der Waals surface area contributed by atoms with E-state index in [1.807, 2.05) is 6.07 Å². The molecule has 1 unspecified atom stereocenters. The van der Waals surface area contributed by atoms with Crippen LogP contribution < -0.4 is 0 Å². The predicted molar refractivity (Wildman–Crippen MR) is 116 cm³/mol. The van der Waals surface area contributed by atoms with Crippen molar-refractivity contribution in [1.29, 1.82) is 0 Å². The fourth-order valence-corrected chi connectivity index (χ4v) is 3.80.